The Hall–Kier alpha value is -1.32. The molecule has 0 spiro atoms. The zero-order chi connectivity index (χ0) is 18.4. The number of allylic oxidation sites excluding steroid dienone is 1. The number of aliphatic hydroxyl groups excluding tert-OH is 1. The minimum Gasteiger partial charge on any atom is -0.391 e. The molecule has 2 aromatic rings. The zero-order valence-corrected chi connectivity index (χ0v) is 16.4. The maximum Gasteiger partial charge on any atom is 0.124 e. The van der Waals surface area contributed by atoms with Crippen LogP contribution >= 0.6 is 11.6 Å². The largest absolute Gasteiger partial charge is 0.391 e. The second kappa shape index (κ2) is 14.1. The third kappa shape index (κ3) is 7.06. The Labute approximate surface area is 152 Å². The lowest BCUT2D eigenvalue weighted by atomic mass is 10.1. The number of nitrogens with zero attached hydrogens (tertiary/aromatic N) is 2. The number of alkyl halides is 1. The van der Waals surface area contributed by atoms with E-state index in [1.807, 2.05) is 62.6 Å². The number of benzene rings is 1. The third-order valence-corrected chi connectivity index (χ3v) is 3.68. The molecule has 136 valence electrons. The Morgan fingerprint density at radius 3 is 2.50 bits per heavy atom. The number of hydrogen-bond donors (Lipinski definition) is 1. The van der Waals surface area contributed by atoms with Crippen molar-refractivity contribution in [2.75, 3.05) is 0 Å². The average molecular weight is 353 g/mol. The van der Waals surface area contributed by atoms with Gasteiger partial charge in [-0.05, 0) is 31.4 Å². The van der Waals surface area contributed by atoms with Gasteiger partial charge in [-0.25, -0.2) is 4.98 Å². The van der Waals surface area contributed by atoms with Gasteiger partial charge in [0.1, 0.15) is 5.82 Å². The lowest BCUT2D eigenvalue weighted by Crippen LogP contribution is -2.17. The molecule has 2 rings (SSSR count). The van der Waals surface area contributed by atoms with Gasteiger partial charge in [0.2, 0.25) is 0 Å². The SMILES string of the molecule is C=CCCCCC(O)Cn1c(CCl)nc2ccccc21.CC.CC. The highest BCUT2D eigenvalue weighted by atomic mass is 35.5. The molecule has 0 radical (unpaired) electrons. The van der Waals surface area contributed by atoms with Gasteiger partial charge in [-0.3, -0.25) is 0 Å². The summed E-state index contributed by atoms with van der Waals surface area (Å²) in [7, 11) is 0. The Balaban J connectivity index is 0.00000123. The molecule has 0 aliphatic carbocycles. The van der Waals surface area contributed by atoms with Crippen LogP contribution in [-0.2, 0) is 12.4 Å². The van der Waals surface area contributed by atoms with E-state index >= 15 is 0 Å². The first kappa shape index (κ1) is 22.7. The lowest BCUT2D eigenvalue weighted by Gasteiger charge is -2.13. The van der Waals surface area contributed by atoms with Crippen molar-refractivity contribution in [2.45, 2.75) is 71.9 Å². The lowest BCUT2D eigenvalue weighted by molar-refractivity contribution is 0.141. The molecule has 0 aliphatic rings. The van der Waals surface area contributed by atoms with E-state index in [2.05, 4.69) is 11.6 Å². The molecule has 0 fully saturated rings. The number of imidazole rings is 1. The van der Waals surface area contributed by atoms with Crippen LogP contribution in [0.2, 0.25) is 0 Å². The van der Waals surface area contributed by atoms with Crippen molar-refractivity contribution in [3.05, 3.63) is 42.7 Å². The van der Waals surface area contributed by atoms with Crippen LogP contribution in [0.1, 0.15) is 59.2 Å². The van der Waals surface area contributed by atoms with E-state index in [9.17, 15) is 5.11 Å². The summed E-state index contributed by atoms with van der Waals surface area (Å²) in [6.45, 7) is 12.3. The number of rotatable bonds is 8. The normalized spacial score (nSPS) is 11.1. The quantitative estimate of drug-likeness (QED) is 0.363. The maximum atomic E-state index is 10.2. The molecule has 1 atom stereocenters. The molecule has 1 aromatic heterocycles. The number of aromatic nitrogens is 2. The molecule has 4 heteroatoms. The molecule has 1 N–H and O–H groups in total. The van der Waals surface area contributed by atoms with Crippen molar-refractivity contribution in [3.8, 4) is 0 Å². The maximum absolute atomic E-state index is 10.2. The fourth-order valence-corrected chi connectivity index (χ4v) is 2.61. The van der Waals surface area contributed by atoms with E-state index < -0.39 is 0 Å². The van der Waals surface area contributed by atoms with Gasteiger partial charge in [-0.15, -0.1) is 18.2 Å². The highest BCUT2D eigenvalue weighted by Crippen LogP contribution is 2.19. The van der Waals surface area contributed by atoms with Crippen molar-refractivity contribution in [1.29, 1.82) is 0 Å². The van der Waals surface area contributed by atoms with Gasteiger partial charge in [0, 0.05) is 0 Å². The molecule has 1 aromatic carbocycles. The number of hydrogen-bond acceptors (Lipinski definition) is 2. The van der Waals surface area contributed by atoms with Gasteiger partial charge in [0.05, 0.1) is 29.6 Å². The first-order valence-electron chi connectivity index (χ1n) is 9.05. The predicted octanol–water partition coefficient (Wildman–Crippen LogP) is 5.93. The third-order valence-electron chi connectivity index (χ3n) is 3.44. The van der Waals surface area contributed by atoms with Crippen LogP contribution in [0.25, 0.3) is 11.0 Å². The highest BCUT2D eigenvalue weighted by molar-refractivity contribution is 6.16. The van der Waals surface area contributed by atoms with Gasteiger partial charge in [-0.2, -0.15) is 0 Å². The monoisotopic (exact) mass is 352 g/mol. The summed E-state index contributed by atoms with van der Waals surface area (Å²) in [5.74, 6) is 1.18. The molecular formula is C20H33ClN2O. The Morgan fingerprint density at radius 2 is 1.88 bits per heavy atom. The minimum absolute atomic E-state index is 0.359. The van der Waals surface area contributed by atoms with Crippen LogP contribution in [-0.4, -0.2) is 20.8 Å². The van der Waals surface area contributed by atoms with Gasteiger partial charge in [0.25, 0.3) is 0 Å². The van der Waals surface area contributed by atoms with E-state index in [4.69, 9.17) is 11.6 Å². The standard InChI is InChI=1S/C16H21ClN2O.2C2H6/c1-2-3-4-5-8-13(20)12-19-15-10-7-6-9-14(15)18-16(19)11-17;2*1-2/h2,6-7,9-10,13,20H,1,3-5,8,11-12H2;2*1-2H3. The summed E-state index contributed by atoms with van der Waals surface area (Å²) < 4.78 is 2.03. The van der Waals surface area contributed by atoms with E-state index in [1.54, 1.807) is 0 Å². The molecule has 0 saturated carbocycles. The number of aliphatic hydroxyl groups is 1. The zero-order valence-electron chi connectivity index (χ0n) is 15.6. The van der Waals surface area contributed by atoms with Crippen LogP contribution in [0.4, 0.5) is 0 Å². The highest BCUT2D eigenvalue weighted by Gasteiger charge is 2.13. The summed E-state index contributed by atoms with van der Waals surface area (Å²) in [4.78, 5) is 4.50. The summed E-state index contributed by atoms with van der Waals surface area (Å²) in [5.41, 5.74) is 1.97. The Bertz CT molecular complexity index is 566. The molecular weight excluding hydrogens is 320 g/mol. The number of para-hydroxylation sites is 2. The summed E-state index contributed by atoms with van der Waals surface area (Å²) >= 11 is 5.96. The summed E-state index contributed by atoms with van der Waals surface area (Å²) in [5, 5.41) is 10.2. The van der Waals surface area contributed by atoms with Crippen LogP contribution in [0.15, 0.2) is 36.9 Å². The molecule has 24 heavy (non-hydrogen) atoms. The second-order valence-corrected chi connectivity index (χ2v) is 5.26. The average Bonchev–Trinajstić information content (AvgIpc) is 3.00. The summed E-state index contributed by atoms with van der Waals surface area (Å²) in [6.07, 6.45) is 5.44. The van der Waals surface area contributed by atoms with Gasteiger partial charge >= 0.3 is 0 Å². The fourth-order valence-electron chi connectivity index (χ4n) is 2.40. The van der Waals surface area contributed by atoms with Crippen molar-refractivity contribution in [3.63, 3.8) is 0 Å². The topological polar surface area (TPSA) is 38.0 Å². The molecule has 0 bridgehead atoms. The molecule has 3 nitrogen and oxygen atoms in total. The predicted molar refractivity (Wildman–Crippen MR) is 107 cm³/mol. The number of unbranched alkanes of at least 4 members (excludes halogenated alkanes) is 2. The van der Waals surface area contributed by atoms with Gasteiger partial charge in [-0.1, -0.05) is 52.3 Å². The van der Waals surface area contributed by atoms with Crippen molar-refractivity contribution in [2.24, 2.45) is 0 Å². The summed E-state index contributed by atoms with van der Waals surface area (Å²) in [6, 6.07) is 7.93. The van der Waals surface area contributed by atoms with E-state index in [-0.39, 0.29) is 6.10 Å². The molecule has 1 heterocycles. The van der Waals surface area contributed by atoms with E-state index in [1.165, 1.54) is 0 Å². The fraction of sp³-hybridized carbons (Fsp3) is 0.550. The minimum atomic E-state index is -0.362. The molecule has 0 amide bonds. The van der Waals surface area contributed by atoms with Crippen LogP contribution in [0.5, 0.6) is 0 Å². The second-order valence-electron chi connectivity index (χ2n) is 4.99. The van der Waals surface area contributed by atoms with Crippen molar-refractivity contribution < 1.29 is 5.11 Å². The van der Waals surface area contributed by atoms with Crippen LogP contribution < -0.4 is 0 Å². The Morgan fingerprint density at radius 1 is 1.21 bits per heavy atom. The van der Waals surface area contributed by atoms with Gasteiger partial charge in [0.15, 0.2) is 0 Å². The van der Waals surface area contributed by atoms with Crippen LogP contribution in [0, 0.1) is 0 Å². The van der Waals surface area contributed by atoms with Crippen LogP contribution in [0.3, 0.4) is 0 Å². The smallest absolute Gasteiger partial charge is 0.124 e. The molecule has 1 unspecified atom stereocenters. The van der Waals surface area contributed by atoms with Gasteiger partial charge < -0.3 is 9.67 Å². The molecule has 0 aliphatic heterocycles. The van der Waals surface area contributed by atoms with Crippen molar-refractivity contribution in [1.82, 2.24) is 9.55 Å². The van der Waals surface area contributed by atoms with E-state index in [0.717, 1.165) is 42.5 Å². The number of fused-ring (bicyclic) bond motifs is 1. The van der Waals surface area contributed by atoms with Crippen molar-refractivity contribution >= 4 is 22.6 Å². The Kier molecular flexibility index (Phi) is 13.3. The molecule has 0 saturated heterocycles. The van der Waals surface area contributed by atoms with E-state index in [0.29, 0.717) is 12.4 Å². The number of halogens is 1. The first-order valence-corrected chi connectivity index (χ1v) is 9.58. The first-order chi connectivity index (χ1) is 11.8.